The Balaban J connectivity index is 1.43. The van der Waals surface area contributed by atoms with Crippen LogP contribution in [-0.4, -0.2) is 43.9 Å². The van der Waals surface area contributed by atoms with Crippen molar-refractivity contribution in [3.63, 3.8) is 0 Å². The molecule has 5 rings (SSSR count). The first-order chi connectivity index (χ1) is 16.4. The summed E-state index contributed by atoms with van der Waals surface area (Å²) in [5, 5.41) is 3.71. The van der Waals surface area contributed by atoms with Gasteiger partial charge in [-0.3, -0.25) is 0 Å². The van der Waals surface area contributed by atoms with Gasteiger partial charge in [0.1, 0.15) is 28.9 Å². The minimum Gasteiger partial charge on any atom is -0.487 e. The average Bonchev–Trinajstić information content (AvgIpc) is 3.31. The number of nitrogen functional groups attached to an aromatic ring is 1. The highest BCUT2D eigenvalue weighted by molar-refractivity contribution is 5.84. The molecule has 1 saturated heterocycles. The number of nitrogens with two attached hydrogens (primary N) is 1. The van der Waals surface area contributed by atoms with E-state index in [-0.39, 0.29) is 17.7 Å². The standard InChI is InChI=1S/C22H19F4N7O/c23-13-1-2-18(15(24)7-13)34-14-3-5-32(6-4-14)21-20(12-9-29-33(11-12)22(25)26)30-17-10-28-19(27)8-16(17)31-21/h1-2,7-11,14,22H,3-6H2,(H2,27,28). The lowest BCUT2D eigenvalue weighted by Crippen LogP contribution is -2.39. The Labute approximate surface area is 191 Å². The fraction of sp³-hybridized carbons (Fsp3) is 0.273. The number of nitrogens with zero attached hydrogens (tertiary/aromatic N) is 6. The van der Waals surface area contributed by atoms with Gasteiger partial charge in [-0.1, -0.05) is 0 Å². The highest BCUT2D eigenvalue weighted by Gasteiger charge is 2.26. The zero-order valence-corrected chi connectivity index (χ0v) is 17.7. The van der Waals surface area contributed by atoms with E-state index in [0.29, 0.717) is 58.7 Å². The maximum Gasteiger partial charge on any atom is 0.333 e. The molecule has 0 aliphatic carbocycles. The largest absolute Gasteiger partial charge is 0.487 e. The number of ether oxygens (including phenoxy) is 1. The van der Waals surface area contributed by atoms with Crippen LogP contribution in [0.2, 0.25) is 0 Å². The molecule has 34 heavy (non-hydrogen) atoms. The molecule has 0 bridgehead atoms. The SMILES string of the molecule is Nc1cc2nc(N3CCC(Oc4ccc(F)cc4F)CC3)c(-c3cnn(C(F)F)c3)nc2cn1. The van der Waals surface area contributed by atoms with E-state index in [0.717, 1.165) is 12.1 Å². The third-order valence-electron chi connectivity index (χ3n) is 5.56. The number of hydrogen-bond donors (Lipinski definition) is 1. The van der Waals surface area contributed by atoms with Gasteiger partial charge in [-0.2, -0.15) is 13.9 Å². The predicted octanol–water partition coefficient (Wildman–Crippen LogP) is 4.19. The quantitative estimate of drug-likeness (QED) is 0.434. The number of benzene rings is 1. The first-order valence-corrected chi connectivity index (χ1v) is 10.5. The van der Waals surface area contributed by atoms with Gasteiger partial charge in [-0.25, -0.2) is 28.4 Å². The fourth-order valence-electron chi connectivity index (χ4n) is 3.88. The van der Waals surface area contributed by atoms with Crippen LogP contribution in [0.3, 0.4) is 0 Å². The van der Waals surface area contributed by atoms with Crippen molar-refractivity contribution in [3.05, 3.63) is 54.5 Å². The van der Waals surface area contributed by atoms with Crippen LogP contribution < -0.4 is 15.4 Å². The van der Waals surface area contributed by atoms with Gasteiger partial charge >= 0.3 is 6.55 Å². The average molecular weight is 473 g/mol. The van der Waals surface area contributed by atoms with E-state index in [1.54, 1.807) is 6.07 Å². The molecule has 1 fully saturated rings. The topological polar surface area (TPSA) is 95.0 Å². The number of anilines is 2. The summed E-state index contributed by atoms with van der Waals surface area (Å²) in [6.07, 6.45) is 4.77. The number of hydrogen-bond acceptors (Lipinski definition) is 7. The number of alkyl halides is 2. The third kappa shape index (κ3) is 4.30. The van der Waals surface area contributed by atoms with Crippen LogP contribution >= 0.6 is 0 Å². The first kappa shape index (κ1) is 21.9. The number of pyridine rings is 1. The van der Waals surface area contributed by atoms with Crippen LogP contribution in [0.1, 0.15) is 19.4 Å². The van der Waals surface area contributed by atoms with Gasteiger partial charge in [0.05, 0.1) is 17.9 Å². The molecule has 0 radical (unpaired) electrons. The Morgan fingerprint density at radius 2 is 1.82 bits per heavy atom. The molecule has 3 aromatic heterocycles. The lowest BCUT2D eigenvalue weighted by molar-refractivity contribution is 0.0566. The van der Waals surface area contributed by atoms with Gasteiger partial charge in [0, 0.05) is 49.8 Å². The molecule has 176 valence electrons. The lowest BCUT2D eigenvalue weighted by atomic mass is 10.1. The van der Waals surface area contributed by atoms with E-state index in [1.807, 2.05) is 4.90 Å². The molecule has 8 nitrogen and oxygen atoms in total. The minimum atomic E-state index is -2.79. The van der Waals surface area contributed by atoms with Crippen molar-refractivity contribution in [1.82, 2.24) is 24.7 Å². The van der Waals surface area contributed by atoms with Gasteiger partial charge in [-0.15, -0.1) is 0 Å². The molecule has 0 unspecified atom stereocenters. The van der Waals surface area contributed by atoms with Crippen LogP contribution in [-0.2, 0) is 0 Å². The second-order valence-electron chi connectivity index (χ2n) is 7.86. The summed E-state index contributed by atoms with van der Waals surface area (Å²) in [6.45, 7) is -1.80. The highest BCUT2D eigenvalue weighted by atomic mass is 19.3. The predicted molar refractivity (Wildman–Crippen MR) is 116 cm³/mol. The summed E-state index contributed by atoms with van der Waals surface area (Å²) in [7, 11) is 0. The molecule has 1 aliphatic heterocycles. The highest BCUT2D eigenvalue weighted by Crippen LogP contribution is 2.33. The van der Waals surface area contributed by atoms with E-state index in [2.05, 4.69) is 15.1 Å². The maximum absolute atomic E-state index is 14.0. The smallest absolute Gasteiger partial charge is 0.333 e. The van der Waals surface area contributed by atoms with Crippen molar-refractivity contribution in [2.24, 2.45) is 0 Å². The summed E-state index contributed by atoms with van der Waals surface area (Å²) in [5.41, 5.74) is 7.53. The Hall–Kier alpha value is -3.96. The van der Waals surface area contributed by atoms with Crippen LogP contribution in [0.25, 0.3) is 22.3 Å². The van der Waals surface area contributed by atoms with Gasteiger partial charge in [-0.05, 0) is 12.1 Å². The van der Waals surface area contributed by atoms with Gasteiger partial charge in [0.25, 0.3) is 0 Å². The van der Waals surface area contributed by atoms with Crippen molar-refractivity contribution >= 4 is 22.7 Å². The van der Waals surface area contributed by atoms with E-state index < -0.39 is 18.2 Å². The molecule has 1 aromatic carbocycles. The Morgan fingerprint density at radius 3 is 2.53 bits per heavy atom. The van der Waals surface area contributed by atoms with Crippen molar-refractivity contribution in [2.75, 3.05) is 23.7 Å². The van der Waals surface area contributed by atoms with Crippen LogP contribution in [0.5, 0.6) is 5.75 Å². The van der Waals surface area contributed by atoms with Crippen LogP contribution in [0, 0.1) is 11.6 Å². The molecule has 0 amide bonds. The van der Waals surface area contributed by atoms with Gasteiger partial charge in [0.15, 0.2) is 17.4 Å². The number of piperidine rings is 1. The molecular formula is C22H19F4N7O. The second kappa shape index (κ2) is 8.76. The number of rotatable bonds is 5. The summed E-state index contributed by atoms with van der Waals surface area (Å²) in [6, 6.07) is 4.78. The minimum absolute atomic E-state index is 0.00609. The zero-order chi connectivity index (χ0) is 23.8. The van der Waals surface area contributed by atoms with Crippen LogP contribution in [0.4, 0.5) is 29.2 Å². The van der Waals surface area contributed by atoms with E-state index in [4.69, 9.17) is 15.5 Å². The summed E-state index contributed by atoms with van der Waals surface area (Å²) >= 11 is 0. The Bertz CT molecular complexity index is 1340. The summed E-state index contributed by atoms with van der Waals surface area (Å²) < 4.78 is 59.6. The molecule has 0 saturated carbocycles. The molecule has 0 spiro atoms. The molecular weight excluding hydrogens is 454 g/mol. The zero-order valence-electron chi connectivity index (χ0n) is 17.7. The van der Waals surface area contributed by atoms with Crippen molar-refractivity contribution in [3.8, 4) is 17.0 Å². The van der Waals surface area contributed by atoms with Crippen molar-refractivity contribution in [1.29, 1.82) is 0 Å². The van der Waals surface area contributed by atoms with E-state index >= 15 is 0 Å². The lowest BCUT2D eigenvalue weighted by Gasteiger charge is -2.33. The second-order valence-corrected chi connectivity index (χ2v) is 7.86. The molecule has 0 atom stereocenters. The third-order valence-corrected chi connectivity index (χ3v) is 5.56. The number of fused-ring (bicyclic) bond motifs is 1. The van der Waals surface area contributed by atoms with Crippen molar-refractivity contribution in [2.45, 2.75) is 25.5 Å². The Kier molecular flexibility index (Phi) is 5.64. The van der Waals surface area contributed by atoms with Gasteiger partial charge < -0.3 is 15.4 Å². The van der Waals surface area contributed by atoms with E-state index in [1.165, 1.54) is 24.7 Å². The molecule has 2 N–H and O–H groups in total. The van der Waals surface area contributed by atoms with Crippen molar-refractivity contribution < 1.29 is 22.3 Å². The number of halogens is 4. The molecule has 4 aromatic rings. The summed E-state index contributed by atoms with van der Waals surface area (Å²) in [4.78, 5) is 15.3. The normalized spacial score (nSPS) is 14.8. The summed E-state index contributed by atoms with van der Waals surface area (Å²) in [5.74, 6) is -0.674. The fourth-order valence-corrected chi connectivity index (χ4v) is 3.88. The molecule has 1 aliphatic rings. The number of aromatic nitrogens is 5. The molecule has 4 heterocycles. The first-order valence-electron chi connectivity index (χ1n) is 10.5. The van der Waals surface area contributed by atoms with Gasteiger partial charge in [0.2, 0.25) is 0 Å². The van der Waals surface area contributed by atoms with E-state index in [9.17, 15) is 17.6 Å². The Morgan fingerprint density at radius 1 is 1.03 bits per heavy atom. The van der Waals surface area contributed by atoms with Crippen LogP contribution in [0.15, 0.2) is 42.9 Å². The monoisotopic (exact) mass is 473 g/mol. The molecule has 12 heteroatoms. The maximum atomic E-state index is 14.0.